The Labute approximate surface area is 137 Å². The van der Waals surface area contributed by atoms with E-state index in [4.69, 9.17) is 16.3 Å². The molecule has 2 heterocycles. The van der Waals surface area contributed by atoms with Gasteiger partial charge in [0.15, 0.2) is 5.13 Å². The highest BCUT2D eigenvalue weighted by Gasteiger charge is 2.22. The van der Waals surface area contributed by atoms with Gasteiger partial charge in [-0.15, -0.1) is 0 Å². The fraction of sp³-hybridized carbons (Fsp3) is 0.235. The molecular formula is C17H15ClN2OS. The van der Waals surface area contributed by atoms with Gasteiger partial charge >= 0.3 is 0 Å². The van der Waals surface area contributed by atoms with Crippen LogP contribution in [0.5, 0.6) is 5.75 Å². The lowest BCUT2D eigenvalue weighted by Gasteiger charge is -2.26. The summed E-state index contributed by atoms with van der Waals surface area (Å²) in [6.07, 6.45) is 0.938. The zero-order valence-electron chi connectivity index (χ0n) is 12.1. The van der Waals surface area contributed by atoms with Gasteiger partial charge in [0.05, 0.1) is 22.9 Å². The first kappa shape index (κ1) is 13.9. The molecule has 3 nitrogen and oxygen atoms in total. The average Bonchev–Trinajstić information content (AvgIpc) is 2.89. The lowest BCUT2D eigenvalue weighted by molar-refractivity contribution is 0.274. The molecule has 22 heavy (non-hydrogen) atoms. The highest BCUT2D eigenvalue weighted by atomic mass is 35.5. The Balaban J connectivity index is 1.67. The van der Waals surface area contributed by atoms with Crippen molar-refractivity contribution in [3.05, 3.63) is 52.5 Å². The highest BCUT2D eigenvalue weighted by molar-refractivity contribution is 7.22. The molecule has 1 unspecified atom stereocenters. The van der Waals surface area contributed by atoms with Crippen molar-refractivity contribution >= 4 is 38.3 Å². The zero-order chi connectivity index (χ0) is 15.1. The van der Waals surface area contributed by atoms with Gasteiger partial charge in [-0.3, -0.25) is 0 Å². The van der Waals surface area contributed by atoms with Crippen LogP contribution in [0.25, 0.3) is 10.2 Å². The number of aromatic nitrogens is 1. The third-order valence-corrected chi connectivity index (χ3v) is 5.04. The standard InChI is InChI=1S/C17H15ClN2OS/c1-10-2-5-15-12(8-10)13(6-7-21-15)19-17-20-14-4-3-11(18)9-16(14)22-17/h2-5,8-9,13H,6-7H2,1H3,(H,19,20). The van der Waals surface area contributed by atoms with Crippen molar-refractivity contribution in [3.63, 3.8) is 0 Å². The first-order valence-electron chi connectivity index (χ1n) is 7.25. The number of fused-ring (bicyclic) bond motifs is 2. The third-order valence-electron chi connectivity index (χ3n) is 3.85. The van der Waals surface area contributed by atoms with Crippen LogP contribution in [0.15, 0.2) is 36.4 Å². The van der Waals surface area contributed by atoms with Crippen LogP contribution >= 0.6 is 22.9 Å². The maximum absolute atomic E-state index is 6.05. The number of halogens is 1. The second kappa shape index (κ2) is 5.45. The number of nitrogens with zero attached hydrogens (tertiary/aromatic N) is 1. The van der Waals surface area contributed by atoms with E-state index >= 15 is 0 Å². The molecule has 2 aromatic carbocycles. The molecule has 0 bridgehead atoms. The van der Waals surface area contributed by atoms with Crippen LogP contribution in [-0.2, 0) is 0 Å². The fourth-order valence-corrected chi connectivity index (χ4v) is 3.97. The van der Waals surface area contributed by atoms with Crippen molar-refractivity contribution < 1.29 is 4.74 Å². The van der Waals surface area contributed by atoms with E-state index in [1.807, 2.05) is 18.2 Å². The lowest BCUT2D eigenvalue weighted by atomic mass is 9.99. The number of benzene rings is 2. The quantitative estimate of drug-likeness (QED) is 0.701. The van der Waals surface area contributed by atoms with Crippen molar-refractivity contribution in [1.29, 1.82) is 0 Å². The van der Waals surface area contributed by atoms with Gasteiger partial charge in [0, 0.05) is 17.0 Å². The van der Waals surface area contributed by atoms with Gasteiger partial charge in [0.2, 0.25) is 0 Å². The van der Waals surface area contributed by atoms with Crippen LogP contribution in [0.3, 0.4) is 0 Å². The molecule has 1 atom stereocenters. The molecule has 0 amide bonds. The highest BCUT2D eigenvalue weighted by Crippen LogP contribution is 2.37. The van der Waals surface area contributed by atoms with Crippen molar-refractivity contribution in [1.82, 2.24) is 4.98 Å². The Morgan fingerprint density at radius 1 is 1.27 bits per heavy atom. The Bertz CT molecular complexity index is 846. The Kier molecular flexibility index (Phi) is 3.43. The number of hydrogen-bond acceptors (Lipinski definition) is 4. The monoisotopic (exact) mass is 330 g/mol. The van der Waals surface area contributed by atoms with Gasteiger partial charge < -0.3 is 10.1 Å². The molecule has 0 saturated carbocycles. The van der Waals surface area contributed by atoms with Crippen LogP contribution in [0.1, 0.15) is 23.6 Å². The summed E-state index contributed by atoms with van der Waals surface area (Å²) in [6.45, 7) is 2.83. The summed E-state index contributed by atoms with van der Waals surface area (Å²) in [5, 5.41) is 5.23. The molecule has 1 aliphatic rings. The summed E-state index contributed by atoms with van der Waals surface area (Å²) >= 11 is 7.68. The van der Waals surface area contributed by atoms with Gasteiger partial charge in [-0.25, -0.2) is 4.98 Å². The number of aryl methyl sites for hydroxylation is 1. The predicted octanol–water partition coefficient (Wildman–Crippen LogP) is 5.19. The van der Waals surface area contributed by atoms with Gasteiger partial charge in [-0.05, 0) is 31.2 Å². The van der Waals surface area contributed by atoms with E-state index < -0.39 is 0 Å². The molecule has 0 saturated heterocycles. The van der Waals surface area contributed by atoms with Gasteiger partial charge in [0.1, 0.15) is 5.75 Å². The SMILES string of the molecule is Cc1ccc2c(c1)C(Nc1nc3ccc(Cl)cc3s1)CCO2. The largest absolute Gasteiger partial charge is 0.493 e. The second-order valence-corrected chi connectivity index (χ2v) is 6.97. The maximum atomic E-state index is 6.05. The van der Waals surface area contributed by atoms with E-state index in [0.29, 0.717) is 0 Å². The Hall–Kier alpha value is -1.78. The molecule has 0 radical (unpaired) electrons. The van der Waals surface area contributed by atoms with Crippen molar-refractivity contribution in [2.75, 3.05) is 11.9 Å². The lowest BCUT2D eigenvalue weighted by Crippen LogP contribution is -2.20. The summed E-state index contributed by atoms with van der Waals surface area (Å²) < 4.78 is 6.85. The van der Waals surface area contributed by atoms with Crippen LogP contribution in [0.4, 0.5) is 5.13 Å². The van der Waals surface area contributed by atoms with E-state index in [1.165, 1.54) is 11.1 Å². The zero-order valence-corrected chi connectivity index (χ0v) is 13.7. The minimum Gasteiger partial charge on any atom is -0.493 e. The van der Waals surface area contributed by atoms with E-state index in [-0.39, 0.29) is 6.04 Å². The molecule has 4 rings (SSSR count). The first-order chi connectivity index (χ1) is 10.7. The maximum Gasteiger partial charge on any atom is 0.184 e. The number of nitrogens with one attached hydrogen (secondary N) is 1. The number of anilines is 1. The number of thiazole rings is 1. The van der Waals surface area contributed by atoms with E-state index in [2.05, 4.69) is 35.4 Å². The molecule has 1 aromatic heterocycles. The van der Waals surface area contributed by atoms with Gasteiger partial charge in [0.25, 0.3) is 0 Å². The predicted molar refractivity (Wildman–Crippen MR) is 92.3 cm³/mol. The third kappa shape index (κ3) is 2.53. The Morgan fingerprint density at radius 2 is 2.18 bits per heavy atom. The normalized spacial score (nSPS) is 17.1. The first-order valence-corrected chi connectivity index (χ1v) is 8.44. The van der Waals surface area contributed by atoms with Gasteiger partial charge in [-0.2, -0.15) is 0 Å². The molecule has 0 spiro atoms. The van der Waals surface area contributed by atoms with Crippen LogP contribution in [0.2, 0.25) is 5.02 Å². The molecular weight excluding hydrogens is 316 g/mol. The molecule has 112 valence electrons. The molecule has 0 fully saturated rings. The molecule has 3 aromatic rings. The second-order valence-electron chi connectivity index (χ2n) is 5.51. The molecule has 1 N–H and O–H groups in total. The molecule has 0 aliphatic carbocycles. The molecule has 1 aliphatic heterocycles. The summed E-state index contributed by atoms with van der Waals surface area (Å²) in [5.74, 6) is 0.971. The topological polar surface area (TPSA) is 34.2 Å². The van der Waals surface area contributed by atoms with E-state index in [0.717, 1.165) is 39.1 Å². The van der Waals surface area contributed by atoms with Crippen LogP contribution in [-0.4, -0.2) is 11.6 Å². The van der Waals surface area contributed by atoms with Crippen molar-refractivity contribution in [2.24, 2.45) is 0 Å². The smallest absolute Gasteiger partial charge is 0.184 e. The Morgan fingerprint density at radius 3 is 3.09 bits per heavy atom. The van der Waals surface area contributed by atoms with Crippen molar-refractivity contribution in [2.45, 2.75) is 19.4 Å². The summed E-state index contributed by atoms with van der Waals surface area (Å²) in [5.41, 5.74) is 3.43. The number of ether oxygens (including phenoxy) is 1. The van der Waals surface area contributed by atoms with Crippen LogP contribution in [0, 0.1) is 6.92 Å². The number of rotatable bonds is 2. The van der Waals surface area contributed by atoms with E-state index in [1.54, 1.807) is 11.3 Å². The summed E-state index contributed by atoms with van der Waals surface area (Å²) in [6, 6.07) is 12.4. The average molecular weight is 331 g/mol. The fourth-order valence-electron chi connectivity index (χ4n) is 2.77. The van der Waals surface area contributed by atoms with E-state index in [9.17, 15) is 0 Å². The summed E-state index contributed by atoms with van der Waals surface area (Å²) in [4.78, 5) is 4.65. The number of hydrogen-bond donors (Lipinski definition) is 1. The minimum absolute atomic E-state index is 0.236. The van der Waals surface area contributed by atoms with Crippen LogP contribution < -0.4 is 10.1 Å². The minimum atomic E-state index is 0.236. The van der Waals surface area contributed by atoms with Crippen molar-refractivity contribution in [3.8, 4) is 5.75 Å². The molecule has 5 heteroatoms. The van der Waals surface area contributed by atoms with Gasteiger partial charge in [-0.1, -0.05) is 40.6 Å². The summed E-state index contributed by atoms with van der Waals surface area (Å²) in [7, 11) is 0.